The highest BCUT2D eigenvalue weighted by molar-refractivity contribution is 6.23. The van der Waals surface area contributed by atoms with Gasteiger partial charge in [0.05, 0.1) is 22.3 Å². The van der Waals surface area contributed by atoms with E-state index in [4.69, 9.17) is 0 Å². The molecular weight excluding hydrogens is 909 g/mol. The van der Waals surface area contributed by atoms with E-state index >= 15 is 0 Å². The van der Waals surface area contributed by atoms with Gasteiger partial charge in [-0.15, -0.1) is 0 Å². The van der Waals surface area contributed by atoms with Gasteiger partial charge >= 0.3 is 0 Å². The van der Waals surface area contributed by atoms with Gasteiger partial charge in [0.25, 0.3) is 23.6 Å². The SMILES string of the molecule is CCCCCCCCCC1CCC(CCCCCC)C(CCCCCCCC)C1CCCCCCCCN1C(=O)c2ccc(-c3ccc4c(c3)C(=O)N(CC3CC5C6CC(CC(C)C)C(C6)C5C3)C4=O)cc2C1=O. The molecule has 6 nitrogen and oxygen atoms in total. The van der Waals surface area contributed by atoms with Crippen LogP contribution in [0.3, 0.4) is 0 Å². The van der Waals surface area contributed by atoms with Crippen molar-refractivity contribution in [3.05, 3.63) is 58.7 Å². The summed E-state index contributed by atoms with van der Waals surface area (Å²) in [7, 11) is 0. The molecule has 0 aromatic heterocycles. The second-order valence-corrected chi connectivity index (χ2v) is 26.1. The lowest BCUT2D eigenvalue weighted by atomic mass is 9.61. The van der Waals surface area contributed by atoms with Crippen molar-refractivity contribution < 1.29 is 19.2 Å². The first kappa shape index (κ1) is 56.9. The minimum atomic E-state index is -0.214. The summed E-state index contributed by atoms with van der Waals surface area (Å²) in [6.07, 6.45) is 45.9. The predicted molar refractivity (Wildman–Crippen MR) is 306 cm³/mol. The Hall–Kier alpha value is -3.28. The van der Waals surface area contributed by atoms with Gasteiger partial charge in [-0.1, -0.05) is 201 Å². The molecule has 4 amide bonds. The number of fused-ring (bicyclic) bond motifs is 7. The summed E-state index contributed by atoms with van der Waals surface area (Å²) in [5.41, 5.74) is 3.43. The molecule has 0 saturated heterocycles. The van der Waals surface area contributed by atoms with Crippen molar-refractivity contribution in [2.75, 3.05) is 13.1 Å². The van der Waals surface area contributed by atoms with E-state index in [1.54, 1.807) is 12.1 Å². The van der Waals surface area contributed by atoms with Crippen LogP contribution in [-0.2, 0) is 0 Å². The fourth-order valence-corrected chi connectivity index (χ4v) is 16.8. The molecule has 2 aromatic carbocycles. The Kier molecular flexibility index (Phi) is 21.8. The number of nitrogens with zero attached hydrogens (tertiary/aromatic N) is 2. The third-order valence-electron chi connectivity index (χ3n) is 20.5. The van der Waals surface area contributed by atoms with Crippen LogP contribution in [0.2, 0.25) is 0 Å². The number of amides is 4. The highest BCUT2D eigenvalue weighted by Gasteiger charge is 2.56. The Labute approximate surface area is 451 Å². The van der Waals surface area contributed by atoms with Crippen molar-refractivity contribution in [1.29, 1.82) is 0 Å². The summed E-state index contributed by atoms with van der Waals surface area (Å²) in [6, 6.07) is 11.0. The van der Waals surface area contributed by atoms with Crippen molar-refractivity contribution in [3.63, 3.8) is 0 Å². The Morgan fingerprint density at radius 1 is 0.432 bits per heavy atom. The number of unbranched alkanes of at least 4 members (excludes halogenated alkanes) is 19. The van der Waals surface area contributed by atoms with E-state index in [0.29, 0.717) is 41.3 Å². The molecule has 2 bridgehead atoms. The number of benzene rings is 2. The molecule has 10 atom stereocenters. The van der Waals surface area contributed by atoms with Crippen LogP contribution in [0.5, 0.6) is 0 Å². The molecule has 8 rings (SSSR count). The maximum absolute atomic E-state index is 13.9. The largest absolute Gasteiger partial charge is 0.274 e. The number of imide groups is 2. The molecule has 4 saturated carbocycles. The van der Waals surface area contributed by atoms with Gasteiger partial charge < -0.3 is 0 Å². The van der Waals surface area contributed by atoms with Crippen LogP contribution < -0.4 is 0 Å². The molecule has 0 N–H and O–H groups in total. The molecule has 2 heterocycles. The smallest absolute Gasteiger partial charge is 0.261 e. The van der Waals surface area contributed by atoms with Gasteiger partial charge in [-0.2, -0.15) is 0 Å². The van der Waals surface area contributed by atoms with Crippen LogP contribution >= 0.6 is 0 Å². The molecule has 2 aliphatic heterocycles. The summed E-state index contributed by atoms with van der Waals surface area (Å²) in [6.45, 7) is 12.7. The molecule has 410 valence electrons. The van der Waals surface area contributed by atoms with Crippen molar-refractivity contribution in [3.8, 4) is 11.1 Å². The van der Waals surface area contributed by atoms with E-state index in [2.05, 4.69) is 34.6 Å². The van der Waals surface area contributed by atoms with Crippen LogP contribution in [0, 0.1) is 65.1 Å². The molecule has 4 fully saturated rings. The fourth-order valence-electron chi connectivity index (χ4n) is 16.8. The highest BCUT2D eigenvalue weighted by atomic mass is 16.2. The monoisotopic (exact) mass is 1010 g/mol. The van der Waals surface area contributed by atoms with Crippen LogP contribution in [0.4, 0.5) is 0 Å². The van der Waals surface area contributed by atoms with Crippen LogP contribution in [0.25, 0.3) is 11.1 Å². The molecule has 74 heavy (non-hydrogen) atoms. The maximum Gasteiger partial charge on any atom is 0.261 e. The van der Waals surface area contributed by atoms with E-state index in [0.717, 1.165) is 102 Å². The van der Waals surface area contributed by atoms with Gasteiger partial charge in [-0.05, 0) is 165 Å². The van der Waals surface area contributed by atoms with E-state index in [9.17, 15) is 19.2 Å². The third kappa shape index (κ3) is 14.1. The Morgan fingerprint density at radius 3 is 1.39 bits per heavy atom. The van der Waals surface area contributed by atoms with Gasteiger partial charge in [-0.3, -0.25) is 29.0 Å². The zero-order chi connectivity index (χ0) is 52.0. The molecule has 0 spiro atoms. The third-order valence-corrected chi connectivity index (χ3v) is 20.5. The van der Waals surface area contributed by atoms with Crippen molar-refractivity contribution in [1.82, 2.24) is 9.80 Å². The molecule has 4 aliphatic carbocycles. The summed E-state index contributed by atoms with van der Waals surface area (Å²) in [5.74, 6) is 8.15. The summed E-state index contributed by atoms with van der Waals surface area (Å²) >= 11 is 0. The van der Waals surface area contributed by atoms with Gasteiger partial charge in [-0.25, -0.2) is 0 Å². The minimum Gasteiger partial charge on any atom is -0.274 e. The molecule has 2 aromatic rings. The second-order valence-electron chi connectivity index (χ2n) is 26.1. The van der Waals surface area contributed by atoms with E-state index in [1.807, 2.05) is 24.3 Å². The predicted octanol–water partition coefficient (Wildman–Crippen LogP) is 18.7. The average molecular weight is 1010 g/mol. The van der Waals surface area contributed by atoms with E-state index in [1.165, 1.54) is 196 Å². The first-order valence-corrected chi connectivity index (χ1v) is 32.1. The van der Waals surface area contributed by atoms with Gasteiger partial charge in [0.2, 0.25) is 0 Å². The van der Waals surface area contributed by atoms with Crippen LogP contribution in [0.15, 0.2) is 36.4 Å². The summed E-state index contributed by atoms with van der Waals surface area (Å²) in [5, 5.41) is 0. The molecule has 10 unspecified atom stereocenters. The lowest BCUT2D eigenvalue weighted by Crippen LogP contribution is -2.35. The maximum atomic E-state index is 13.9. The Bertz CT molecular complexity index is 2120. The van der Waals surface area contributed by atoms with Crippen molar-refractivity contribution >= 4 is 23.6 Å². The Balaban J connectivity index is 0.793. The number of hydrogen-bond donors (Lipinski definition) is 0. The second kappa shape index (κ2) is 28.4. The highest BCUT2D eigenvalue weighted by Crippen LogP contribution is 2.63. The molecular formula is C68H104N2O4. The Morgan fingerprint density at radius 2 is 0.865 bits per heavy atom. The van der Waals surface area contributed by atoms with Gasteiger partial charge in [0.1, 0.15) is 0 Å². The van der Waals surface area contributed by atoms with Crippen molar-refractivity contribution in [2.24, 2.45) is 65.1 Å². The van der Waals surface area contributed by atoms with Crippen molar-refractivity contribution in [2.45, 2.75) is 253 Å². The number of carbonyl (C=O) groups is 4. The zero-order valence-electron chi connectivity index (χ0n) is 47.8. The van der Waals surface area contributed by atoms with Crippen LogP contribution in [0.1, 0.15) is 294 Å². The first-order valence-electron chi connectivity index (χ1n) is 32.1. The molecule has 0 radical (unpaired) electrons. The fraction of sp³-hybridized carbons (Fsp3) is 0.765. The molecule has 6 aliphatic rings. The average Bonchev–Trinajstić information content (AvgIpc) is 4.20. The van der Waals surface area contributed by atoms with Gasteiger partial charge in [0, 0.05) is 13.1 Å². The minimum absolute atomic E-state index is 0.171. The number of carbonyl (C=O) groups excluding carboxylic acids is 4. The van der Waals surface area contributed by atoms with Gasteiger partial charge in [0.15, 0.2) is 0 Å². The topological polar surface area (TPSA) is 74.8 Å². The van der Waals surface area contributed by atoms with Crippen LogP contribution in [-0.4, -0.2) is 46.5 Å². The quantitative estimate of drug-likeness (QED) is 0.0517. The lowest BCUT2D eigenvalue weighted by molar-refractivity contribution is 0.0581. The standard InChI is InChI=1S/C68H104N2O4/c1-6-9-12-15-17-20-25-30-51-34-33-50(29-24-14-11-8-3)56(31-26-21-16-13-10-7-2)57(51)32-27-22-18-19-23-28-39-69-65(71)58-37-35-52(44-63(58)67(69)73)53-36-38-59-64(45-53)68(74)70(66(59)72)47-49-41-60-55-43-54(40-48(4)5)61(46-55)62(60)42-49/h35-38,44-45,48-51,54-57,60-62H,6-34,39-43,46-47H2,1-5H3. The number of hydrogen-bond acceptors (Lipinski definition) is 4. The summed E-state index contributed by atoms with van der Waals surface area (Å²) in [4.78, 5) is 58.1. The number of rotatable bonds is 34. The van der Waals surface area contributed by atoms with E-state index in [-0.39, 0.29) is 23.6 Å². The first-order chi connectivity index (χ1) is 36.1. The summed E-state index contributed by atoms with van der Waals surface area (Å²) < 4.78 is 0. The normalized spacial score (nSPS) is 27.1. The van der Waals surface area contributed by atoms with E-state index < -0.39 is 0 Å². The zero-order valence-corrected chi connectivity index (χ0v) is 47.8. The molecule has 6 heteroatoms. The lowest BCUT2D eigenvalue weighted by Gasteiger charge is -2.44.